The van der Waals surface area contributed by atoms with Crippen molar-refractivity contribution in [2.24, 2.45) is 0 Å². The number of nitrogens with one attached hydrogen (secondary N) is 1. The van der Waals surface area contributed by atoms with Gasteiger partial charge in [-0.1, -0.05) is 0 Å². The second-order valence-electron chi connectivity index (χ2n) is 3.37. The lowest BCUT2D eigenvalue weighted by Crippen LogP contribution is -2.23. The zero-order valence-corrected chi connectivity index (χ0v) is 10.3. The number of hydrogen-bond donors (Lipinski definition) is 1. The van der Waals surface area contributed by atoms with Crippen LogP contribution in [0.25, 0.3) is 0 Å². The number of rotatable bonds is 5. The summed E-state index contributed by atoms with van der Waals surface area (Å²) >= 11 is 0. The molecule has 0 saturated heterocycles. The summed E-state index contributed by atoms with van der Waals surface area (Å²) in [6.45, 7) is 0.907. The molecule has 1 rings (SSSR count). The monoisotopic (exact) mass is 283 g/mol. The van der Waals surface area contributed by atoms with E-state index in [2.05, 4.69) is 5.32 Å². The van der Waals surface area contributed by atoms with Gasteiger partial charge in [0.1, 0.15) is 12.4 Å². The maximum absolute atomic E-state index is 12.2. The highest BCUT2D eigenvalue weighted by atomic mass is 32.2. The molecule has 0 amide bonds. The smallest absolute Gasteiger partial charge is 0.492 e. The molecule has 4 nitrogen and oxygen atoms in total. The highest BCUT2D eigenvalue weighted by Crippen LogP contribution is 2.30. The van der Waals surface area contributed by atoms with Crippen molar-refractivity contribution in [2.75, 3.05) is 20.2 Å². The third-order valence-electron chi connectivity index (χ3n) is 2.06. The minimum absolute atomic E-state index is 0.311. The molecule has 0 bridgehead atoms. The van der Waals surface area contributed by atoms with E-state index in [4.69, 9.17) is 4.74 Å². The van der Waals surface area contributed by atoms with E-state index in [1.807, 2.05) is 0 Å². The minimum atomic E-state index is -5.29. The zero-order valence-electron chi connectivity index (χ0n) is 9.49. The van der Waals surface area contributed by atoms with Crippen LogP contribution in [-0.2, 0) is 9.84 Å². The maximum atomic E-state index is 12.2. The summed E-state index contributed by atoms with van der Waals surface area (Å²) in [5.41, 5.74) is -5.29. The van der Waals surface area contributed by atoms with Crippen molar-refractivity contribution >= 4 is 9.84 Å². The third-order valence-corrected chi connectivity index (χ3v) is 3.56. The molecule has 102 valence electrons. The Balaban J connectivity index is 2.84. The highest BCUT2D eigenvalue weighted by Gasteiger charge is 2.46. The van der Waals surface area contributed by atoms with Gasteiger partial charge in [0, 0.05) is 6.54 Å². The molecule has 1 aromatic carbocycles. The lowest BCUT2D eigenvalue weighted by Gasteiger charge is -2.09. The Morgan fingerprint density at radius 3 is 2.22 bits per heavy atom. The normalized spacial score (nSPS) is 12.4. The van der Waals surface area contributed by atoms with Crippen LogP contribution < -0.4 is 10.1 Å². The molecule has 0 atom stereocenters. The van der Waals surface area contributed by atoms with Crippen LogP contribution in [0.5, 0.6) is 5.75 Å². The fraction of sp³-hybridized carbons (Fsp3) is 0.400. The standard InChI is InChI=1S/C10H12F3NO3S/c1-14-6-7-17-8-2-4-9(5-3-8)18(15,16)10(11,12)13/h2-5,14H,6-7H2,1H3. The van der Waals surface area contributed by atoms with Crippen LogP contribution in [0.1, 0.15) is 0 Å². The summed E-state index contributed by atoms with van der Waals surface area (Å²) in [6.07, 6.45) is 0. The van der Waals surface area contributed by atoms with E-state index in [0.29, 0.717) is 18.9 Å². The SMILES string of the molecule is CNCCOc1ccc(S(=O)(=O)C(F)(F)F)cc1. The minimum Gasteiger partial charge on any atom is -0.492 e. The molecule has 0 fully saturated rings. The highest BCUT2D eigenvalue weighted by molar-refractivity contribution is 7.92. The van der Waals surface area contributed by atoms with Crippen molar-refractivity contribution in [1.82, 2.24) is 5.32 Å². The molecule has 0 spiro atoms. The van der Waals surface area contributed by atoms with Crippen LogP contribution in [0.15, 0.2) is 29.2 Å². The van der Waals surface area contributed by atoms with Crippen molar-refractivity contribution in [2.45, 2.75) is 10.4 Å². The molecular formula is C10H12F3NO3S. The Kier molecular flexibility index (Phi) is 4.58. The Hall–Kier alpha value is -1.28. The third kappa shape index (κ3) is 3.36. The number of likely N-dealkylation sites (N-methyl/N-ethyl adjacent to an activating group) is 1. The molecule has 0 aliphatic heterocycles. The van der Waals surface area contributed by atoms with E-state index in [0.717, 1.165) is 12.1 Å². The molecule has 1 aromatic rings. The number of sulfone groups is 1. The van der Waals surface area contributed by atoms with Gasteiger partial charge >= 0.3 is 5.51 Å². The van der Waals surface area contributed by atoms with Gasteiger partial charge in [0.05, 0.1) is 4.90 Å². The first-order valence-electron chi connectivity index (χ1n) is 4.98. The van der Waals surface area contributed by atoms with E-state index in [9.17, 15) is 21.6 Å². The average molecular weight is 283 g/mol. The van der Waals surface area contributed by atoms with Crippen LogP contribution >= 0.6 is 0 Å². The first kappa shape index (κ1) is 14.8. The van der Waals surface area contributed by atoms with E-state index in [1.165, 1.54) is 12.1 Å². The summed E-state index contributed by atoms with van der Waals surface area (Å²) in [7, 11) is -3.56. The number of hydrogen-bond acceptors (Lipinski definition) is 4. The van der Waals surface area contributed by atoms with E-state index in [1.54, 1.807) is 7.05 Å². The quantitative estimate of drug-likeness (QED) is 0.834. The summed E-state index contributed by atoms with van der Waals surface area (Å²) in [5, 5.41) is 2.82. The molecule has 1 N–H and O–H groups in total. The van der Waals surface area contributed by atoms with Gasteiger partial charge < -0.3 is 10.1 Å². The van der Waals surface area contributed by atoms with Gasteiger partial charge in [-0.3, -0.25) is 0 Å². The zero-order chi connectivity index (χ0) is 13.8. The Morgan fingerprint density at radius 1 is 1.22 bits per heavy atom. The molecule has 0 heterocycles. The van der Waals surface area contributed by atoms with Gasteiger partial charge in [0.2, 0.25) is 0 Å². The number of benzene rings is 1. The van der Waals surface area contributed by atoms with E-state index >= 15 is 0 Å². The second kappa shape index (κ2) is 5.57. The molecule has 0 saturated carbocycles. The maximum Gasteiger partial charge on any atom is 0.501 e. The summed E-state index contributed by atoms with van der Waals surface area (Å²) in [4.78, 5) is -0.795. The number of ether oxygens (including phenoxy) is 1. The van der Waals surface area contributed by atoms with Crippen molar-refractivity contribution in [1.29, 1.82) is 0 Å². The molecular weight excluding hydrogens is 271 g/mol. The first-order valence-corrected chi connectivity index (χ1v) is 6.46. The van der Waals surface area contributed by atoms with Crippen molar-refractivity contribution < 1.29 is 26.3 Å². The van der Waals surface area contributed by atoms with Crippen molar-refractivity contribution in [3.05, 3.63) is 24.3 Å². The molecule has 8 heteroatoms. The lowest BCUT2D eigenvalue weighted by molar-refractivity contribution is -0.0436. The van der Waals surface area contributed by atoms with Gasteiger partial charge in [0.25, 0.3) is 9.84 Å². The molecule has 0 aliphatic rings. The van der Waals surface area contributed by atoms with Gasteiger partial charge in [-0.15, -0.1) is 0 Å². The van der Waals surface area contributed by atoms with Crippen molar-refractivity contribution in [3.8, 4) is 5.75 Å². The van der Waals surface area contributed by atoms with Crippen LogP contribution in [0.4, 0.5) is 13.2 Å². The number of alkyl halides is 3. The van der Waals surface area contributed by atoms with Crippen LogP contribution in [0, 0.1) is 0 Å². The Bertz CT molecular complexity index is 482. The second-order valence-corrected chi connectivity index (χ2v) is 5.31. The summed E-state index contributed by atoms with van der Waals surface area (Å²) in [5.74, 6) is 0.311. The van der Waals surface area contributed by atoms with Gasteiger partial charge in [-0.05, 0) is 31.3 Å². The van der Waals surface area contributed by atoms with Gasteiger partial charge in [-0.25, -0.2) is 8.42 Å². The Morgan fingerprint density at radius 2 is 1.78 bits per heavy atom. The van der Waals surface area contributed by atoms with Crippen molar-refractivity contribution in [3.63, 3.8) is 0 Å². The summed E-state index contributed by atoms with van der Waals surface area (Å²) < 4.78 is 64.0. The Labute approximate surface area is 103 Å². The first-order chi connectivity index (χ1) is 8.29. The van der Waals surface area contributed by atoms with E-state index < -0.39 is 20.2 Å². The summed E-state index contributed by atoms with van der Waals surface area (Å²) in [6, 6.07) is 4.12. The molecule has 0 unspecified atom stereocenters. The fourth-order valence-electron chi connectivity index (χ4n) is 1.12. The predicted octanol–water partition coefficient (Wildman–Crippen LogP) is 1.58. The number of halogens is 3. The largest absolute Gasteiger partial charge is 0.501 e. The fourth-order valence-corrected chi connectivity index (χ4v) is 1.88. The molecule has 0 aliphatic carbocycles. The molecule has 18 heavy (non-hydrogen) atoms. The molecule has 0 aromatic heterocycles. The predicted molar refractivity (Wildman–Crippen MR) is 59.1 cm³/mol. The molecule has 0 radical (unpaired) electrons. The average Bonchev–Trinajstić information content (AvgIpc) is 2.28. The van der Waals surface area contributed by atoms with Crippen LogP contribution in [0.3, 0.4) is 0 Å². The van der Waals surface area contributed by atoms with Crippen LogP contribution in [0.2, 0.25) is 0 Å². The van der Waals surface area contributed by atoms with Gasteiger partial charge in [0.15, 0.2) is 0 Å². The lowest BCUT2D eigenvalue weighted by atomic mass is 10.3. The van der Waals surface area contributed by atoms with E-state index in [-0.39, 0.29) is 0 Å². The van der Waals surface area contributed by atoms with Gasteiger partial charge in [-0.2, -0.15) is 13.2 Å². The van der Waals surface area contributed by atoms with Crippen LogP contribution in [-0.4, -0.2) is 34.1 Å². The topological polar surface area (TPSA) is 55.4 Å².